The van der Waals surface area contributed by atoms with Crippen molar-refractivity contribution in [2.75, 3.05) is 6.54 Å². The van der Waals surface area contributed by atoms with Gasteiger partial charge in [-0.05, 0) is 64.8 Å². The number of amides is 5. The molecule has 1 heterocycles. The summed E-state index contributed by atoms with van der Waals surface area (Å²) < 4.78 is 10.8. The third-order valence-electron chi connectivity index (χ3n) is 6.49. The summed E-state index contributed by atoms with van der Waals surface area (Å²) in [5.41, 5.74) is 6.06. The van der Waals surface area contributed by atoms with Crippen LogP contribution in [0.5, 0.6) is 0 Å². The number of hydrazine groups is 1. The van der Waals surface area contributed by atoms with E-state index < -0.39 is 89.0 Å². The molecule has 0 aromatic heterocycles. The Hall–Kier alpha value is -6.07. The zero-order valence-corrected chi connectivity index (χ0v) is 28.3. The van der Waals surface area contributed by atoms with Gasteiger partial charge in [-0.2, -0.15) is 0 Å². The number of hydrogen-bond donors (Lipinski definition) is 5. The Kier molecular flexibility index (Phi) is 12.2. The lowest BCUT2D eigenvalue weighted by Crippen LogP contribution is -2.53. The van der Waals surface area contributed by atoms with Gasteiger partial charge in [-0.25, -0.2) is 24.7 Å². The molecule has 18 nitrogen and oxygen atoms in total. The molecule has 1 unspecified atom stereocenters. The summed E-state index contributed by atoms with van der Waals surface area (Å²) in [4.78, 5) is 94.0. The highest BCUT2D eigenvalue weighted by Gasteiger charge is 2.41. The number of nitro groups is 1. The number of nitrogens with zero attached hydrogens (tertiary/aromatic N) is 3. The molecule has 0 aliphatic carbocycles. The van der Waals surface area contributed by atoms with Gasteiger partial charge < -0.3 is 31.2 Å². The summed E-state index contributed by atoms with van der Waals surface area (Å²) in [6.07, 6.45) is -0.658. The Balaban J connectivity index is 1.81. The van der Waals surface area contributed by atoms with Crippen LogP contribution in [0.4, 0.5) is 10.5 Å². The Morgan fingerprint density at radius 1 is 0.980 bits per heavy atom. The topological polar surface area (TPSA) is 254 Å². The van der Waals surface area contributed by atoms with Gasteiger partial charge in [-0.1, -0.05) is 47.9 Å². The van der Waals surface area contributed by atoms with Crippen LogP contribution in [0.25, 0.3) is 0 Å². The molecule has 2 aromatic rings. The van der Waals surface area contributed by atoms with Gasteiger partial charge in [0.2, 0.25) is 11.8 Å². The summed E-state index contributed by atoms with van der Waals surface area (Å²) in [5.74, 6) is -4.93. The van der Waals surface area contributed by atoms with Gasteiger partial charge in [0.25, 0.3) is 11.9 Å². The average Bonchev–Trinajstić information content (AvgIpc) is 3.26. The van der Waals surface area contributed by atoms with Crippen LogP contribution in [0.15, 0.2) is 59.6 Å². The molecule has 3 atom stereocenters. The molecule has 0 saturated carbocycles. The molecule has 0 bridgehead atoms. The molecule has 268 valence electrons. The standard InChI is InChI=1S/C32H40N8O10/c1-31(2,3)49-23(42)16-21(26(43)36-25(18-11-8-7-9-12-18)28(45)50-32(4,5)6)35-22(41)17-39-27(44)24(37-30(39)46)19-13-10-14-20(15-19)34-29(33)38-40(47)48/h7-15,21,24-25H,16-17H2,1-6H3,(H,35,41)(H,36,43)(H,37,46)(H3,33,34,38)/t21-,24?,25-/m0/s1. The molecular formula is C32H40N8O10. The highest BCUT2D eigenvalue weighted by atomic mass is 16.7. The first kappa shape index (κ1) is 38.4. The average molecular weight is 697 g/mol. The van der Waals surface area contributed by atoms with Crippen LogP contribution in [0.3, 0.4) is 0 Å². The number of nitrogens with two attached hydrogens (primary N) is 1. The van der Waals surface area contributed by atoms with Crippen LogP contribution in [0, 0.1) is 10.1 Å². The van der Waals surface area contributed by atoms with Crippen molar-refractivity contribution in [2.24, 2.45) is 10.7 Å². The molecule has 3 rings (SSSR count). The number of guanidine groups is 1. The molecule has 50 heavy (non-hydrogen) atoms. The molecule has 18 heteroatoms. The molecule has 1 saturated heterocycles. The van der Waals surface area contributed by atoms with E-state index in [9.17, 15) is 38.9 Å². The number of rotatable bonds is 12. The number of ether oxygens (including phenoxy) is 2. The first-order chi connectivity index (χ1) is 23.2. The maximum absolute atomic E-state index is 13.6. The summed E-state index contributed by atoms with van der Waals surface area (Å²) in [6.45, 7) is 8.95. The fourth-order valence-electron chi connectivity index (χ4n) is 4.60. The Bertz CT molecular complexity index is 1670. The van der Waals surface area contributed by atoms with E-state index in [-0.39, 0.29) is 11.3 Å². The minimum atomic E-state index is -1.60. The monoisotopic (exact) mass is 696 g/mol. The second kappa shape index (κ2) is 15.9. The van der Waals surface area contributed by atoms with Gasteiger partial charge in [0.1, 0.15) is 29.8 Å². The van der Waals surface area contributed by atoms with Gasteiger partial charge >= 0.3 is 18.0 Å². The van der Waals surface area contributed by atoms with E-state index in [1.807, 2.05) is 0 Å². The summed E-state index contributed by atoms with van der Waals surface area (Å²) in [7, 11) is 0. The number of carbonyl (C=O) groups excluding carboxylic acids is 6. The fraction of sp³-hybridized carbons (Fsp3) is 0.406. The van der Waals surface area contributed by atoms with E-state index in [2.05, 4.69) is 20.9 Å². The maximum Gasteiger partial charge on any atom is 0.333 e. The molecule has 1 aliphatic heterocycles. The number of hydrogen-bond acceptors (Lipinski definition) is 11. The van der Waals surface area contributed by atoms with Crippen molar-refractivity contribution in [3.8, 4) is 0 Å². The van der Waals surface area contributed by atoms with Crippen LogP contribution in [0.1, 0.15) is 71.2 Å². The van der Waals surface area contributed by atoms with Crippen LogP contribution in [-0.2, 0) is 33.4 Å². The number of esters is 2. The van der Waals surface area contributed by atoms with E-state index >= 15 is 0 Å². The Labute approximate surface area is 287 Å². The van der Waals surface area contributed by atoms with Gasteiger partial charge in [0, 0.05) is 0 Å². The van der Waals surface area contributed by atoms with Gasteiger partial charge in [-0.15, -0.1) is 0 Å². The normalized spacial score (nSPS) is 16.1. The molecule has 0 radical (unpaired) electrons. The third kappa shape index (κ3) is 11.6. The minimum Gasteiger partial charge on any atom is -0.460 e. The van der Waals surface area contributed by atoms with Gasteiger partial charge in [-0.3, -0.25) is 24.1 Å². The summed E-state index contributed by atoms with van der Waals surface area (Å²) in [5, 5.41) is 17.1. The van der Waals surface area contributed by atoms with Crippen molar-refractivity contribution in [3.63, 3.8) is 0 Å². The number of benzene rings is 2. The quantitative estimate of drug-likeness (QED) is 0.0528. The lowest BCUT2D eigenvalue weighted by molar-refractivity contribution is -0.525. The van der Waals surface area contributed by atoms with Crippen LogP contribution in [0.2, 0.25) is 0 Å². The predicted molar refractivity (Wildman–Crippen MR) is 176 cm³/mol. The van der Waals surface area contributed by atoms with Crippen LogP contribution < -0.4 is 27.1 Å². The number of carbonyl (C=O) groups is 6. The highest BCUT2D eigenvalue weighted by molar-refractivity contribution is 6.07. The summed E-state index contributed by atoms with van der Waals surface area (Å²) >= 11 is 0. The second-order valence-corrected chi connectivity index (χ2v) is 13.1. The van der Waals surface area contributed by atoms with E-state index in [0.717, 1.165) is 0 Å². The molecular weight excluding hydrogens is 656 g/mol. The molecule has 5 amide bonds. The largest absolute Gasteiger partial charge is 0.460 e. The van der Waals surface area contributed by atoms with E-state index in [4.69, 9.17) is 15.2 Å². The number of aliphatic imine (C=N–C) groups is 1. The third-order valence-corrected chi connectivity index (χ3v) is 6.49. The van der Waals surface area contributed by atoms with Crippen molar-refractivity contribution in [3.05, 3.63) is 75.8 Å². The second-order valence-electron chi connectivity index (χ2n) is 13.1. The van der Waals surface area contributed by atoms with Crippen molar-refractivity contribution in [1.29, 1.82) is 0 Å². The molecule has 1 fully saturated rings. The lowest BCUT2D eigenvalue weighted by atomic mass is 10.0. The maximum atomic E-state index is 13.6. The Morgan fingerprint density at radius 2 is 1.62 bits per heavy atom. The summed E-state index contributed by atoms with van der Waals surface area (Å²) in [6, 6.07) is 8.84. The lowest BCUT2D eigenvalue weighted by Gasteiger charge is -2.27. The molecule has 2 aromatic carbocycles. The van der Waals surface area contributed by atoms with E-state index in [0.29, 0.717) is 10.5 Å². The smallest absolute Gasteiger partial charge is 0.333 e. The number of urea groups is 1. The SMILES string of the molecule is CC(C)(C)OC(=O)C[C@H](NC(=O)CN1C(=O)NC(c2cccc(N=C(N)N[N+](=O)[O-])c2)C1=O)C(=O)N[C@H](C(=O)OC(C)(C)C)c1ccccc1. The zero-order chi connectivity index (χ0) is 37.4. The highest BCUT2D eigenvalue weighted by Crippen LogP contribution is 2.25. The van der Waals surface area contributed by atoms with Crippen LogP contribution >= 0.6 is 0 Å². The first-order valence-corrected chi connectivity index (χ1v) is 15.3. The van der Waals surface area contributed by atoms with Crippen LogP contribution in [-0.4, -0.2) is 75.4 Å². The van der Waals surface area contributed by atoms with Gasteiger partial charge in [0.15, 0.2) is 11.1 Å². The molecule has 6 N–H and O–H groups in total. The number of imide groups is 1. The fourth-order valence-corrected chi connectivity index (χ4v) is 4.60. The van der Waals surface area contributed by atoms with Gasteiger partial charge in [0.05, 0.1) is 12.1 Å². The predicted octanol–water partition coefficient (Wildman–Crippen LogP) is 1.42. The zero-order valence-electron chi connectivity index (χ0n) is 28.3. The minimum absolute atomic E-state index is 0.128. The molecule has 1 aliphatic rings. The van der Waals surface area contributed by atoms with E-state index in [1.165, 1.54) is 24.3 Å². The number of nitrogens with one attached hydrogen (secondary N) is 4. The Morgan fingerprint density at radius 3 is 2.22 bits per heavy atom. The van der Waals surface area contributed by atoms with Crippen molar-refractivity contribution in [1.82, 2.24) is 26.3 Å². The first-order valence-electron chi connectivity index (χ1n) is 15.3. The van der Waals surface area contributed by atoms with Crippen molar-refractivity contribution >= 4 is 47.3 Å². The van der Waals surface area contributed by atoms with Crippen molar-refractivity contribution in [2.45, 2.75) is 77.3 Å². The molecule has 0 spiro atoms. The van der Waals surface area contributed by atoms with Crippen molar-refractivity contribution < 1.29 is 43.3 Å². The van der Waals surface area contributed by atoms with E-state index in [1.54, 1.807) is 77.3 Å².